The number of carbonyl (C=O) groups is 1. The molecule has 2 rings (SSSR count). The van der Waals surface area contributed by atoms with Crippen LogP contribution in [0.4, 0.5) is 0 Å². The van der Waals surface area contributed by atoms with Gasteiger partial charge in [0.2, 0.25) is 10.0 Å². The minimum Gasteiger partial charge on any atom is -0.480 e. The zero-order chi connectivity index (χ0) is 15.5. The maximum Gasteiger partial charge on any atom is 0.324 e. The molecule has 1 aromatic carbocycles. The molecule has 21 heavy (non-hydrogen) atoms. The molecule has 1 heterocycles. The summed E-state index contributed by atoms with van der Waals surface area (Å²) >= 11 is 0. The van der Waals surface area contributed by atoms with Crippen molar-refractivity contribution in [2.75, 3.05) is 12.3 Å². The fraction of sp³-hybridized carbons (Fsp3) is 0.533. The Labute approximate surface area is 125 Å². The van der Waals surface area contributed by atoms with Gasteiger partial charge in [-0.1, -0.05) is 30.3 Å². The van der Waals surface area contributed by atoms with E-state index in [1.54, 1.807) is 0 Å². The number of benzene rings is 1. The van der Waals surface area contributed by atoms with Crippen molar-refractivity contribution < 1.29 is 18.3 Å². The van der Waals surface area contributed by atoms with E-state index >= 15 is 0 Å². The Bertz CT molecular complexity index is 599. The molecule has 5 nitrogen and oxygen atoms in total. The Morgan fingerprint density at radius 2 is 1.95 bits per heavy atom. The lowest BCUT2D eigenvalue weighted by atomic mass is 9.91. The molecule has 1 aliphatic heterocycles. The summed E-state index contributed by atoms with van der Waals surface area (Å²) in [4.78, 5) is 11.5. The van der Waals surface area contributed by atoms with Crippen LogP contribution in [-0.4, -0.2) is 41.6 Å². The summed E-state index contributed by atoms with van der Waals surface area (Å²) in [5, 5.41) is 9.41. The molecule has 116 valence electrons. The Morgan fingerprint density at radius 1 is 1.29 bits per heavy atom. The van der Waals surface area contributed by atoms with E-state index in [1.807, 2.05) is 30.3 Å². The van der Waals surface area contributed by atoms with Gasteiger partial charge in [-0.15, -0.1) is 0 Å². The van der Waals surface area contributed by atoms with Crippen molar-refractivity contribution in [1.29, 1.82) is 0 Å². The summed E-state index contributed by atoms with van der Waals surface area (Å²) < 4.78 is 26.3. The molecule has 1 fully saturated rings. The fourth-order valence-electron chi connectivity index (χ4n) is 2.76. The van der Waals surface area contributed by atoms with Crippen molar-refractivity contribution in [3.63, 3.8) is 0 Å². The number of carboxylic acid groups (broad SMARTS) is 1. The first-order chi connectivity index (χ1) is 9.86. The number of rotatable bonds is 5. The predicted octanol–water partition coefficient (Wildman–Crippen LogP) is 1.89. The van der Waals surface area contributed by atoms with Crippen LogP contribution in [0.5, 0.6) is 0 Å². The van der Waals surface area contributed by atoms with Crippen molar-refractivity contribution in [2.45, 2.75) is 38.1 Å². The topological polar surface area (TPSA) is 74.7 Å². The molecule has 1 aliphatic rings. The molecule has 0 amide bonds. The smallest absolute Gasteiger partial charge is 0.324 e. The van der Waals surface area contributed by atoms with Gasteiger partial charge < -0.3 is 5.11 Å². The molecule has 0 saturated carbocycles. The van der Waals surface area contributed by atoms with Gasteiger partial charge in [0.15, 0.2) is 0 Å². The third-order valence-corrected chi connectivity index (χ3v) is 6.09. The number of aryl methyl sites for hydroxylation is 1. The Balaban J connectivity index is 2.15. The van der Waals surface area contributed by atoms with Crippen LogP contribution >= 0.6 is 0 Å². The molecule has 0 radical (unpaired) electrons. The Hall–Kier alpha value is -1.40. The zero-order valence-corrected chi connectivity index (χ0v) is 13.0. The summed E-state index contributed by atoms with van der Waals surface area (Å²) in [6.07, 6.45) is 2.23. The second-order valence-corrected chi connectivity index (χ2v) is 7.67. The van der Waals surface area contributed by atoms with Crippen molar-refractivity contribution in [2.24, 2.45) is 0 Å². The van der Waals surface area contributed by atoms with Crippen LogP contribution in [0.3, 0.4) is 0 Å². The highest BCUT2D eigenvalue weighted by Crippen LogP contribution is 2.31. The standard InChI is InChI=1S/C15H21NO4S/c1-15(14(17)18)10-5-6-11-16(15)21(19,20)12-9-13-7-3-2-4-8-13/h2-4,7-8H,5-6,9-12H2,1H3,(H,17,18). The van der Waals surface area contributed by atoms with Gasteiger partial charge in [0.05, 0.1) is 5.75 Å². The molecule has 1 N–H and O–H groups in total. The molecule has 0 aromatic heterocycles. The van der Waals surface area contributed by atoms with E-state index in [2.05, 4.69) is 0 Å². The lowest BCUT2D eigenvalue weighted by Crippen LogP contribution is -2.57. The molecule has 0 spiro atoms. The summed E-state index contributed by atoms with van der Waals surface area (Å²) in [6.45, 7) is 1.80. The Morgan fingerprint density at radius 3 is 2.57 bits per heavy atom. The monoisotopic (exact) mass is 311 g/mol. The lowest BCUT2D eigenvalue weighted by Gasteiger charge is -2.40. The number of piperidine rings is 1. The normalized spacial score (nSPS) is 23.9. The third-order valence-electron chi connectivity index (χ3n) is 4.11. The Kier molecular flexibility index (Phi) is 4.68. The van der Waals surface area contributed by atoms with E-state index in [9.17, 15) is 18.3 Å². The zero-order valence-electron chi connectivity index (χ0n) is 12.2. The predicted molar refractivity (Wildman–Crippen MR) is 80.5 cm³/mol. The van der Waals surface area contributed by atoms with E-state index in [1.165, 1.54) is 11.2 Å². The number of hydrogen-bond acceptors (Lipinski definition) is 3. The van der Waals surface area contributed by atoms with Gasteiger partial charge in [0, 0.05) is 6.54 Å². The maximum absolute atomic E-state index is 12.5. The van der Waals surface area contributed by atoms with Gasteiger partial charge in [-0.3, -0.25) is 4.79 Å². The highest BCUT2D eigenvalue weighted by Gasteiger charge is 2.46. The van der Waals surface area contributed by atoms with Crippen molar-refractivity contribution in [3.8, 4) is 0 Å². The van der Waals surface area contributed by atoms with Crippen LogP contribution in [0.25, 0.3) is 0 Å². The molecule has 1 unspecified atom stereocenters. The van der Waals surface area contributed by atoms with E-state index < -0.39 is 21.5 Å². The van der Waals surface area contributed by atoms with E-state index in [0.717, 1.165) is 12.0 Å². The third kappa shape index (κ3) is 3.44. The summed E-state index contributed by atoms with van der Waals surface area (Å²) in [5.41, 5.74) is -0.372. The average Bonchev–Trinajstić information content (AvgIpc) is 2.46. The van der Waals surface area contributed by atoms with Gasteiger partial charge in [-0.2, -0.15) is 4.31 Å². The van der Waals surface area contributed by atoms with Crippen LogP contribution in [0.15, 0.2) is 30.3 Å². The molecular formula is C15H21NO4S. The molecule has 0 bridgehead atoms. The number of aliphatic carboxylic acids is 1. The van der Waals surface area contributed by atoms with Crippen LogP contribution in [0, 0.1) is 0 Å². The average molecular weight is 311 g/mol. The van der Waals surface area contributed by atoms with Gasteiger partial charge in [-0.05, 0) is 38.2 Å². The van der Waals surface area contributed by atoms with Crippen LogP contribution in [0.2, 0.25) is 0 Å². The number of carboxylic acids is 1. The minimum absolute atomic E-state index is 0.0557. The fourth-order valence-corrected chi connectivity index (χ4v) is 4.66. The summed E-state index contributed by atoms with van der Waals surface area (Å²) in [6, 6.07) is 9.36. The van der Waals surface area contributed by atoms with E-state index in [0.29, 0.717) is 25.8 Å². The highest BCUT2D eigenvalue weighted by atomic mass is 32.2. The van der Waals surface area contributed by atoms with Crippen molar-refractivity contribution >= 4 is 16.0 Å². The first-order valence-corrected chi connectivity index (χ1v) is 8.75. The first-order valence-electron chi connectivity index (χ1n) is 7.14. The van der Waals surface area contributed by atoms with Gasteiger partial charge in [0.25, 0.3) is 0 Å². The minimum atomic E-state index is -3.58. The van der Waals surface area contributed by atoms with Crippen LogP contribution < -0.4 is 0 Å². The largest absolute Gasteiger partial charge is 0.480 e. The summed E-state index contributed by atoms with van der Waals surface area (Å²) in [7, 11) is -3.58. The van der Waals surface area contributed by atoms with Crippen molar-refractivity contribution in [3.05, 3.63) is 35.9 Å². The van der Waals surface area contributed by atoms with Crippen molar-refractivity contribution in [1.82, 2.24) is 4.31 Å². The second-order valence-electron chi connectivity index (χ2n) is 5.66. The molecule has 1 saturated heterocycles. The molecule has 1 atom stereocenters. The second kappa shape index (κ2) is 6.15. The van der Waals surface area contributed by atoms with Gasteiger partial charge in [-0.25, -0.2) is 8.42 Å². The van der Waals surface area contributed by atoms with Gasteiger partial charge >= 0.3 is 5.97 Å². The van der Waals surface area contributed by atoms with E-state index in [-0.39, 0.29) is 5.75 Å². The highest BCUT2D eigenvalue weighted by molar-refractivity contribution is 7.89. The number of nitrogens with zero attached hydrogens (tertiary/aromatic N) is 1. The van der Waals surface area contributed by atoms with E-state index in [4.69, 9.17) is 0 Å². The molecule has 0 aliphatic carbocycles. The van der Waals surface area contributed by atoms with Crippen LogP contribution in [-0.2, 0) is 21.2 Å². The molecule has 1 aromatic rings. The first kappa shape index (κ1) is 16.0. The number of sulfonamides is 1. The van der Waals surface area contributed by atoms with Gasteiger partial charge in [0.1, 0.15) is 5.54 Å². The molecular weight excluding hydrogens is 290 g/mol. The number of hydrogen-bond donors (Lipinski definition) is 1. The quantitative estimate of drug-likeness (QED) is 0.901. The maximum atomic E-state index is 12.5. The SMILES string of the molecule is CC1(C(=O)O)CCCCN1S(=O)(=O)CCc1ccccc1. The summed E-state index contributed by atoms with van der Waals surface area (Å²) in [5.74, 6) is -1.12. The lowest BCUT2D eigenvalue weighted by molar-refractivity contribution is -0.149. The van der Waals surface area contributed by atoms with Crippen LogP contribution in [0.1, 0.15) is 31.7 Å². The molecule has 6 heteroatoms.